The second-order valence-corrected chi connectivity index (χ2v) is 10.2. The van der Waals surface area contributed by atoms with Gasteiger partial charge < -0.3 is 4.90 Å². The summed E-state index contributed by atoms with van der Waals surface area (Å²) in [6.45, 7) is 8.32. The summed E-state index contributed by atoms with van der Waals surface area (Å²) in [5.74, 6) is 0.0886. The van der Waals surface area contributed by atoms with E-state index in [9.17, 15) is 13.2 Å². The number of hydrogen-bond acceptors (Lipinski definition) is 4. The van der Waals surface area contributed by atoms with Crippen molar-refractivity contribution in [1.82, 2.24) is 9.21 Å². The Kier molecular flexibility index (Phi) is 5.70. The van der Waals surface area contributed by atoms with Crippen LogP contribution in [0.15, 0.2) is 47.4 Å². The quantitative estimate of drug-likeness (QED) is 0.753. The van der Waals surface area contributed by atoms with E-state index in [4.69, 9.17) is 0 Å². The lowest BCUT2D eigenvalue weighted by molar-refractivity contribution is -0.123. The van der Waals surface area contributed by atoms with Crippen molar-refractivity contribution in [2.45, 2.75) is 38.1 Å². The second-order valence-electron chi connectivity index (χ2n) is 8.25. The van der Waals surface area contributed by atoms with Crippen molar-refractivity contribution in [3.63, 3.8) is 0 Å². The van der Waals surface area contributed by atoms with Gasteiger partial charge in [0.25, 0.3) is 0 Å². The Morgan fingerprint density at radius 2 is 1.67 bits per heavy atom. The number of rotatable bonds is 4. The highest BCUT2D eigenvalue weighted by Crippen LogP contribution is 2.29. The average molecular weight is 428 g/mol. The van der Waals surface area contributed by atoms with Gasteiger partial charge in [-0.05, 0) is 50.5 Å². The van der Waals surface area contributed by atoms with E-state index in [1.165, 1.54) is 5.56 Å². The molecule has 0 aromatic heterocycles. The van der Waals surface area contributed by atoms with E-state index in [1.807, 2.05) is 56.0 Å². The third-order valence-electron chi connectivity index (χ3n) is 6.28. The molecule has 2 aromatic rings. The van der Waals surface area contributed by atoms with Gasteiger partial charge in [0.2, 0.25) is 15.9 Å². The molecule has 0 bridgehead atoms. The van der Waals surface area contributed by atoms with Crippen molar-refractivity contribution in [1.29, 1.82) is 0 Å². The van der Waals surface area contributed by atoms with Gasteiger partial charge in [0, 0.05) is 38.4 Å². The van der Waals surface area contributed by atoms with Gasteiger partial charge in [0.1, 0.15) is 0 Å². The summed E-state index contributed by atoms with van der Waals surface area (Å²) in [5.41, 5.74) is 4.04. The fraction of sp³-hybridized carbons (Fsp3) is 0.435. The van der Waals surface area contributed by atoms with Crippen LogP contribution in [-0.2, 0) is 21.2 Å². The van der Waals surface area contributed by atoms with Gasteiger partial charge in [-0.25, -0.2) is 8.42 Å². The summed E-state index contributed by atoms with van der Waals surface area (Å²) in [4.78, 5) is 17.5. The highest BCUT2D eigenvalue weighted by molar-refractivity contribution is 7.89. The van der Waals surface area contributed by atoms with Gasteiger partial charge in [-0.15, -0.1) is 0 Å². The molecular formula is C23H29N3O3S. The van der Waals surface area contributed by atoms with Crippen LogP contribution in [0.2, 0.25) is 0 Å². The first-order chi connectivity index (χ1) is 14.3. The minimum atomic E-state index is -3.52. The number of hydrogen-bond donors (Lipinski definition) is 0. The topological polar surface area (TPSA) is 60.9 Å². The van der Waals surface area contributed by atoms with Crippen LogP contribution in [0, 0.1) is 13.8 Å². The molecule has 2 aromatic carbocycles. The molecule has 0 radical (unpaired) electrons. The summed E-state index contributed by atoms with van der Waals surface area (Å²) in [6.07, 6.45) is 0.885. The van der Waals surface area contributed by atoms with E-state index in [-0.39, 0.29) is 11.9 Å². The Morgan fingerprint density at radius 3 is 2.37 bits per heavy atom. The first-order valence-electron chi connectivity index (χ1n) is 10.5. The van der Waals surface area contributed by atoms with Crippen molar-refractivity contribution in [3.8, 4) is 0 Å². The number of fused-ring (bicyclic) bond motifs is 1. The smallest absolute Gasteiger partial charge is 0.244 e. The van der Waals surface area contributed by atoms with Gasteiger partial charge in [-0.2, -0.15) is 4.31 Å². The summed E-state index contributed by atoms with van der Waals surface area (Å²) >= 11 is 0. The molecule has 1 saturated heterocycles. The van der Waals surface area contributed by atoms with Crippen LogP contribution in [-0.4, -0.2) is 62.3 Å². The summed E-state index contributed by atoms with van der Waals surface area (Å²) in [5, 5.41) is 0. The van der Waals surface area contributed by atoms with Gasteiger partial charge in [0.05, 0.1) is 10.9 Å². The third kappa shape index (κ3) is 3.77. The third-order valence-corrected chi connectivity index (χ3v) is 8.34. The molecule has 4 rings (SSSR count). The number of amides is 1. The zero-order chi connectivity index (χ0) is 21.5. The van der Waals surface area contributed by atoms with E-state index in [0.29, 0.717) is 37.6 Å². The van der Waals surface area contributed by atoms with Gasteiger partial charge in [-0.1, -0.05) is 35.9 Å². The van der Waals surface area contributed by atoms with Crippen LogP contribution >= 0.6 is 0 Å². The minimum Gasteiger partial charge on any atom is -0.310 e. The number of nitrogens with zero attached hydrogens (tertiary/aromatic N) is 3. The first kappa shape index (κ1) is 21.0. The van der Waals surface area contributed by atoms with Crippen LogP contribution in [0.4, 0.5) is 5.69 Å². The molecule has 6 nitrogen and oxygen atoms in total. The Bertz CT molecular complexity index is 1060. The lowest BCUT2D eigenvalue weighted by Crippen LogP contribution is -2.55. The predicted molar refractivity (Wildman–Crippen MR) is 118 cm³/mol. The molecule has 1 atom stereocenters. The van der Waals surface area contributed by atoms with Crippen molar-refractivity contribution >= 4 is 21.6 Å². The first-order valence-corrected chi connectivity index (χ1v) is 11.9. The number of para-hydroxylation sites is 1. The monoisotopic (exact) mass is 427 g/mol. The molecule has 0 saturated carbocycles. The molecule has 1 fully saturated rings. The van der Waals surface area contributed by atoms with Gasteiger partial charge >= 0.3 is 0 Å². The molecule has 1 amide bonds. The van der Waals surface area contributed by atoms with E-state index in [1.54, 1.807) is 10.4 Å². The number of piperazine rings is 1. The lowest BCUT2D eigenvalue weighted by atomic mass is 10.1. The molecule has 2 heterocycles. The highest BCUT2D eigenvalue weighted by atomic mass is 32.2. The van der Waals surface area contributed by atoms with E-state index in [2.05, 4.69) is 11.0 Å². The zero-order valence-electron chi connectivity index (χ0n) is 17.8. The van der Waals surface area contributed by atoms with Crippen LogP contribution < -0.4 is 4.90 Å². The molecule has 7 heteroatoms. The molecule has 0 N–H and O–H groups in total. The number of carbonyl (C=O) groups is 1. The SMILES string of the molecule is Cc1ccc(S(=O)(=O)N2CCN([C@@H](C)C(=O)N3CCc4ccccc43)CC2)c(C)c1. The summed E-state index contributed by atoms with van der Waals surface area (Å²) < 4.78 is 27.8. The highest BCUT2D eigenvalue weighted by Gasteiger charge is 2.35. The predicted octanol–water partition coefficient (Wildman–Crippen LogP) is 2.59. The molecule has 0 aliphatic carbocycles. The maximum absolute atomic E-state index is 13.1. The molecule has 0 spiro atoms. The fourth-order valence-electron chi connectivity index (χ4n) is 4.51. The Balaban J connectivity index is 1.42. The number of anilines is 1. The largest absolute Gasteiger partial charge is 0.310 e. The Hall–Kier alpha value is -2.22. The molecule has 2 aliphatic heterocycles. The van der Waals surface area contributed by atoms with Crippen LogP contribution in [0.1, 0.15) is 23.6 Å². The molecule has 2 aliphatic rings. The number of benzene rings is 2. The van der Waals surface area contributed by atoms with E-state index >= 15 is 0 Å². The van der Waals surface area contributed by atoms with E-state index < -0.39 is 10.0 Å². The van der Waals surface area contributed by atoms with Crippen molar-refractivity contribution in [3.05, 3.63) is 59.2 Å². The second kappa shape index (κ2) is 8.13. The van der Waals surface area contributed by atoms with Crippen molar-refractivity contribution in [2.24, 2.45) is 0 Å². The van der Waals surface area contributed by atoms with Gasteiger partial charge in [-0.3, -0.25) is 9.69 Å². The summed E-state index contributed by atoms with van der Waals surface area (Å²) in [6, 6.07) is 13.2. The maximum Gasteiger partial charge on any atom is 0.244 e. The molecule has 0 unspecified atom stereocenters. The number of sulfonamides is 1. The maximum atomic E-state index is 13.1. The molecular weight excluding hydrogens is 398 g/mol. The zero-order valence-corrected chi connectivity index (χ0v) is 18.7. The fourth-order valence-corrected chi connectivity index (χ4v) is 6.14. The minimum absolute atomic E-state index is 0.0886. The van der Waals surface area contributed by atoms with Crippen LogP contribution in [0.3, 0.4) is 0 Å². The molecule has 160 valence electrons. The van der Waals surface area contributed by atoms with E-state index in [0.717, 1.165) is 23.2 Å². The Morgan fingerprint density at radius 1 is 0.967 bits per heavy atom. The standard InChI is InChI=1S/C23H29N3O3S/c1-17-8-9-22(18(2)16-17)30(28,29)25-14-12-24(13-15-25)19(3)23(27)26-11-10-20-6-4-5-7-21(20)26/h4-9,16,19H,10-15H2,1-3H3/t19-/m0/s1. The number of carbonyl (C=O) groups excluding carboxylic acids is 1. The average Bonchev–Trinajstić information content (AvgIpc) is 3.16. The Labute approximate surface area is 179 Å². The normalized spacial score (nSPS) is 19.0. The number of aryl methyl sites for hydroxylation is 2. The van der Waals surface area contributed by atoms with Crippen molar-refractivity contribution in [2.75, 3.05) is 37.6 Å². The van der Waals surface area contributed by atoms with Crippen molar-refractivity contribution < 1.29 is 13.2 Å². The van der Waals surface area contributed by atoms with Crippen LogP contribution in [0.5, 0.6) is 0 Å². The molecule has 30 heavy (non-hydrogen) atoms. The van der Waals surface area contributed by atoms with Crippen LogP contribution in [0.25, 0.3) is 0 Å². The lowest BCUT2D eigenvalue weighted by Gasteiger charge is -2.38. The van der Waals surface area contributed by atoms with Gasteiger partial charge in [0.15, 0.2) is 0 Å². The summed E-state index contributed by atoms with van der Waals surface area (Å²) in [7, 11) is -3.52.